The van der Waals surface area contributed by atoms with Gasteiger partial charge in [0.2, 0.25) is 5.75 Å². The van der Waals surface area contributed by atoms with Gasteiger partial charge in [-0.1, -0.05) is 6.92 Å². The number of nitrogens with one attached hydrogen (secondary N) is 2. The van der Waals surface area contributed by atoms with Crippen LogP contribution in [0.5, 0.6) is 5.75 Å². The van der Waals surface area contributed by atoms with Gasteiger partial charge in [0.05, 0.1) is 7.11 Å². The van der Waals surface area contributed by atoms with Crippen molar-refractivity contribution >= 4 is 11.6 Å². The van der Waals surface area contributed by atoms with Gasteiger partial charge in [-0.05, 0) is 25.9 Å². The number of anilines is 2. The Balaban J connectivity index is 2.10. The number of likely N-dealkylation sites (N-methyl/N-ethyl adjacent to an activating group) is 1. The van der Waals surface area contributed by atoms with Crippen molar-refractivity contribution in [1.29, 1.82) is 0 Å². The highest BCUT2D eigenvalue weighted by Gasteiger charge is 2.21. The minimum Gasteiger partial charge on any atom is -0.490 e. The van der Waals surface area contributed by atoms with Gasteiger partial charge in [0.25, 0.3) is 0 Å². The van der Waals surface area contributed by atoms with Crippen molar-refractivity contribution in [3.63, 3.8) is 0 Å². The van der Waals surface area contributed by atoms with Crippen LogP contribution >= 0.6 is 0 Å². The van der Waals surface area contributed by atoms with E-state index in [9.17, 15) is 0 Å². The van der Waals surface area contributed by atoms with E-state index in [-0.39, 0.29) is 0 Å². The third kappa shape index (κ3) is 3.24. The number of hydrogen-bond donors (Lipinski definition) is 3. The number of piperidine rings is 1. The van der Waals surface area contributed by atoms with Crippen molar-refractivity contribution in [3.8, 4) is 5.75 Å². The van der Waals surface area contributed by atoms with Gasteiger partial charge < -0.3 is 20.4 Å². The lowest BCUT2D eigenvalue weighted by atomic mass is 10.1. The van der Waals surface area contributed by atoms with Crippen molar-refractivity contribution < 1.29 is 4.74 Å². The number of nitrogens with zero attached hydrogens (tertiary/aromatic N) is 3. The Morgan fingerprint density at radius 3 is 2.95 bits per heavy atom. The van der Waals surface area contributed by atoms with E-state index in [2.05, 4.69) is 32.5 Å². The van der Waals surface area contributed by atoms with Crippen LogP contribution in [0.1, 0.15) is 19.8 Å². The number of rotatable bonds is 5. The number of hydrazine groups is 1. The second-order valence-electron chi connectivity index (χ2n) is 4.63. The molecule has 0 bridgehead atoms. The molecule has 0 radical (unpaired) electrons. The molecule has 0 aromatic carbocycles. The number of nitrogen functional groups attached to an aromatic ring is 1. The molecule has 1 aliphatic heterocycles. The summed E-state index contributed by atoms with van der Waals surface area (Å²) in [5.41, 5.74) is 2.52. The van der Waals surface area contributed by atoms with Crippen molar-refractivity contribution in [1.82, 2.24) is 14.9 Å². The van der Waals surface area contributed by atoms with Gasteiger partial charge >= 0.3 is 0 Å². The van der Waals surface area contributed by atoms with Crippen molar-refractivity contribution in [2.75, 3.05) is 37.5 Å². The summed E-state index contributed by atoms with van der Waals surface area (Å²) in [4.78, 5) is 10.7. The lowest BCUT2D eigenvalue weighted by Gasteiger charge is -2.32. The average Bonchev–Trinajstić information content (AvgIpc) is 2.47. The van der Waals surface area contributed by atoms with Gasteiger partial charge in [0.1, 0.15) is 6.33 Å². The first-order valence-electron chi connectivity index (χ1n) is 6.63. The normalized spacial score (nSPS) is 20.1. The summed E-state index contributed by atoms with van der Waals surface area (Å²) in [7, 11) is 1.59. The summed E-state index contributed by atoms with van der Waals surface area (Å²) in [6.07, 6.45) is 3.80. The smallest absolute Gasteiger partial charge is 0.205 e. The highest BCUT2D eigenvalue weighted by molar-refractivity contribution is 5.63. The van der Waals surface area contributed by atoms with E-state index in [1.54, 1.807) is 7.11 Å². The monoisotopic (exact) mass is 266 g/mol. The molecule has 2 rings (SSSR count). The van der Waals surface area contributed by atoms with E-state index < -0.39 is 0 Å². The molecule has 7 heteroatoms. The maximum Gasteiger partial charge on any atom is 0.205 e. The van der Waals surface area contributed by atoms with Gasteiger partial charge in [-0.25, -0.2) is 15.8 Å². The van der Waals surface area contributed by atoms with Gasteiger partial charge in [-0.3, -0.25) is 0 Å². The second kappa shape index (κ2) is 6.53. The summed E-state index contributed by atoms with van der Waals surface area (Å²) in [6.45, 7) is 5.46. The summed E-state index contributed by atoms with van der Waals surface area (Å²) in [5.74, 6) is 7.15. The lowest BCUT2D eigenvalue weighted by Crippen LogP contribution is -2.42. The minimum absolute atomic E-state index is 0.378. The van der Waals surface area contributed by atoms with Gasteiger partial charge in [-0.2, -0.15) is 0 Å². The maximum atomic E-state index is 5.42. The molecule has 7 nitrogen and oxygen atoms in total. The third-order valence-corrected chi connectivity index (χ3v) is 3.44. The predicted molar refractivity (Wildman–Crippen MR) is 75.2 cm³/mol. The molecular formula is C12H22N6O. The van der Waals surface area contributed by atoms with Crippen LogP contribution in [-0.2, 0) is 0 Å². The number of ether oxygens (including phenoxy) is 1. The first kappa shape index (κ1) is 13.8. The molecule has 19 heavy (non-hydrogen) atoms. The number of nitrogens with two attached hydrogens (primary N) is 1. The molecule has 0 spiro atoms. The highest BCUT2D eigenvalue weighted by atomic mass is 16.5. The second-order valence-corrected chi connectivity index (χ2v) is 4.63. The van der Waals surface area contributed by atoms with Crippen LogP contribution in [0.2, 0.25) is 0 Å². The Bertz CT molecular complexity index is 413. The minimum atomic E-state index is 0.378. The molecule has 1 fully saturated rings. The van der Waals surface area contributed by atoms with Crippen molar-refractivity contribution in [3.05, 3.63) is 6.33 Å². The number of methoxy groups -OCH3 is 1. The molecule has 1 aromatic heterocycles. The van der Waals surface area contributed by atoms with Crippen LogP contribution in [0.3, 0.4) is 0 Å². The molecule has 1 aromatic rings. The van der Waals surface area contributed by atoms with E-state index in [4.69, 9.17) is 10.6 Å². The van der Waals surface area contributed by atoms with E-state index in [1.165, 1.54) is 19.3 Å². The quantitative estimate of drug-likeness (QED) is 0.533. The van der Waals surface area contributed by atoms with Gasteiger partial charge in [0.15, 0.2) is 11.6 Å². The molecule has 2 heterocycles. The fraction of sp³-hybridized carbons (Fsp3) is 0.667. The fourth-order valence-electron chi connectivity index (χ4n) is 2.43. The lowest BCUT2D eigenvalue weighted by molar-refractivity contribution is 0.226. The number of hydrogen-bond acceptors (Lipinski definition) is 7. The largest absolute Gasteiger partial charge is 0.490 e. The molecule has 1 saturated heterocycles. The Morgan fingerprint density at radius 2 is 2.26 bits per heavy atom. The summed E-state index contributed by atoms with van der Waals surface area (Å²) < 4.78 is 5.32. The SMILES string of the molecule is CCN1CCCC(Nc2ncnc(NN)c2OC)C1. The molecule has 106 valence electrons. The summed E-state index contributed by atoms with van der Waals surface area (Å²) >= 11 is 0. The first-order valence-corrected chi connectivity index (χ1v) is 6.63. The van der Waals surface area contributed by atoms with Crippen molar-refractivity contribution in [2.24, 2.45) is 5.84 Å². The van der Waals surface area contributed by atoms with Crippen LogP contribution in [0, 0.1) is 0 Å². The number of aromatic nitrogens is 2. The molecule has 0 amide bonds. The molecular weight excluding hydrogens is 244 g/mol. The highest BCUT2D eigenvalue weighted by Crippen LogP contribution is 2.29. The van der Waals surface area contributed by atoms with Gasteiger partial charge in [-0.15, -0.1) is 0 Å². The Hall–Kier alpha value is -1.60. The van der Waals surface area contributed by atoms with E-state index >= 15 is 0 Å². The third-order valence-electron chi connectivity index (χ3n) is 3.44. The molecule has 4 N–H and O–H groups in total. The fourth-order valence-corrected chi connectivity index (χ4v) is 2.43. The summed E-state index contributed by atoms with van der Waals surface area (Å²) in [5, 5.41) is 3.43. The Morgan fingerprint density at radius 1 is 1.47 bits per heavy atom. The standard InChI is InChI=1S/C12H22N6O/c1-3-18-6-4-5-9(7-18)16-11-10(19-2)12(17-13)15-8-14-11/h8-9H,3-7,13H2,1-2H3,(H2,14,15,16,17). The van der Waals surface area contributed by atoms with Gasteiger partial charge in [0, 0.05) is 12.6 Å². The average molecular weight is 266 g/mol. The summed E-state index contributed by atoms with van der Waals surface area (Å²) in [6, 6.07) is 0.378. The van der Waals surface area contributed by atoms with E-state index in [0.29, 0.717) is 23.4 Å². The molecule has 1 aliphatic rings. The van der Waals surface area contributed by atoms with Crippen LogP contribution in [0.15, 0.2) is 6.33 Å². The van der Waals surface area contributed by atoms with Crippen LogP contribution in [-0.4, -0.2) is 47.7 Å². The van der Waals surface area contributed by atoms with Crippen molar-refractivity contribution in [2.45, 2.75) is 25.8 Å². The van der Waals surface area contributed by atoms with Crippen LogP contribution in [0.25, 0.3) is 0 Å². The molecule has 1 atom stereocenters. The Labute approximate surface area is 113 Å². The first-order chi connectivity index (χ1) is 9.28. The van der Waals surface area contributed by atoms with E-state index in [0.717, 1.165) is 19.5 Å². The topological polar surface area (TPSA) is 88.3 Å². The molecule has 0 saturated carbocycles. The molecule has 0 aliphatic carbocycles. The van der Waals surface area contributed by atoms with Crippen LogP contribution in [0.4, 0.5) is 11.6 Å². The van der Waals surface area contributed by atoms with Crippen LogP contribution < -0.4 is 21.3 Å². The zero-order chi connectivity index (χ0) is 13.7. The predicted octanol–water partition coefficient (Wildman–Crippen LogP) is 0.667. The zero-order valence-corrected chi connectivity index (χ0v) is 11.5. The maximum absolute atomic E-state index is 5.42. The Kier molecular flexibility index (Phi) is 4.75. The zero-order valence-electron chi connectivity index (χ0n) is 11.5. The van der Waals surface area contributed by atoms with E-state index in [1.807, 2.05) is 0 Å². The number of likely N-dealkylation sites (tertiary alicyclic amines) is 1. The molecule has 1 unspecified atom stereocenters.